The molecule has 2 rings (SSSR count). The Morgan fingerprint density at radius 1 is 1.29 bits per heavy atom. The number of aryl methyl sites for hydroxylation is 1. The predicted molar refractivity (Wildman–Crippen MR) is 86.2 cm³/mol. The van der Waals surface area contributed by atoms with Crippen LogP contribution in [0.5, 0.6) is 0 Å². The van der Waals surface area contributed by atoms with Crippen molar-refractivity contribution in [2.75, 3.05) is 11.4 Å². The summed E-state index contributed by atoms with van der Waals surface area (Å²) in [6.45, 7) is 3.89. The smallest absolute Gasteiger partial charge is 0.237 e. The van der Waals surface area contributed by atoms with E-state index in [0.29, 0.717) is 11.4 Å². The van der Waals surface area contributed by atoms with Gasteiger partial charge >= 0.3 is 0 Å². The molecule has 1 aromatic heterocycles. The normalized spacial score (nSPS) is 15.1. The highest BCUT2D eigenvalue weighted by Crippen LogP contribution is 2.30. The van der Waals surface area contributed by atoms with Crippen LogP contribution >= 0.6 is 12.2 Å². The van der Waals surface area contributed by atoms with Crippen LogP contribution in [0.15, 0.2) is 0 Å². The van der Waals surface area contributed by atoms with Gasteiger partial charge in [0.2, 0.25) is 5.91 Å². The molecule has 4 N–H and O–H groups in total. The van der Waals surface area contributed by atoms with Crippen LogP contribution < -0.4 is 16.4 Å². The second-order valence-corrected chi connectivity index (χ2v) is 5.95. The second kappa shape index (κ2) is 6.34. The molecule has 1 saturated carbocycles. The van der Waals surface area contributed by atoms with Gasteiger partial charge in [0.1, 0.15) is 4.99 Å². The SMILES string of the molecule is Cc1nnc(N(CC(N)=O)C2CCCC2)c(C(N)=S)c1C. The van der Waals surface area contributed by atoms with Crippen molar-refractivity contribution >= 4 is 28.9 Å². The zero-order valence-corrected chi connectivity index (χ0v) is 13.2. The van der Waals surface area contributed by atoms with Gasteiger partial charge in [-0.3, -0.25) is 4.79 Å². The first-order valence-electron chi connectivity index (χ1n) is 7.10. The van der Waals surface area contributed by atoms with E-state index in [1.807, 2.05) is 18.7 Å². The van der Waals surface area contributed by atoms with E-state index in [1.54, 1.807) is 0 Å². The molecule has 0 aliphatic heterocycles. The molecule has 6 nitrogen and oxygen atoms in total. The number of carbonyl (C=O) groups is 1. The van der Waals surface area contributed by atoms with E-state index < -0.39 is 5.91 Å². The maximum Gasteiger partial charge on any atom is 0.237 e. The molecule has 7 heteroatoms. The molecule has 0 saturated heterocycles. The lowest BCUT2D eigenvalue weighted by atomic mass is 10.1. The summed E-state index contributed by atoms with van der Waals surface area (Å²) in [5.74, 6) is 0.187. The van der Waals surface area contributed by atoms with Crippen LogP contribution in [-0.4, -0.2) is 33.7 Å². The maximum absolute atomic E-state index is 11.4. The van der Waals surface area contributed by atoms with Crippen molar-refractivity contribution < 1.29 is 4.79 Å². The molecule has 1 heterocycles. The molecule has 0 aromatic carbocycles. The van der Waals surface area contributed by atoms with Crippen LogP contribution in [0.4, 0.5) is 5.82 Å². The molecular weight excluding hydrogens is 286 g/mol. The maximum atomic E-state index is 11.4. The van der Waals surface area contributed by atoms with Gasteiger partial charge in [0, 0.05) is 6.04 Å². The van der Waals surface area contributed by atoms with Crippen molar-refractivity contribution in [3.05, 3.63) is 16.8 Å². The van der Waals surface area contributed by atoms with Gasteiger partial charge in [0.25, 0.3) is 0 Å². The van der Waals surface area contributed by atoms with Crippen LogP contribution in [0.3, 0.4) is 0 Å². The average molecular weight is 307 g/mol. The summed E-state index contributed by atoms with van der Waals surface area (Å²) in [6, 6.07) is 0.238. The van der Waals surface area contributed by atoms with Gasteiger partial charge < -0.3 is 16.4 Å². The average Bonchev–Trinajstić information content (AvgIpc) is 2.92. The molecule has 0 spiro atoms. The van der Waals surface area contributed by atoms with Gasteiger partial charge in [-0.2, -0.15) is 5.10 Å². The number of nitrogens with two attached hydrogens (primary N) is 2. The van der Waals surface area contributed by atoms with Gasteiger partial charge in [-0.1, -0.05) is 25.1 Å². The summed E-state index contributed by atoms with van der Waals surface area (Å²) in [4.78, 5) is 13.6. The number of aromatic nitrogens is 2. The van der Waals surface area contributed by atoms with E-state index in [0.717, 1.165) is 36.9 Å². The molecular formula is C14H21N5OS. The Labute approximate surface area is 129 Å². The Balaban J connectivity index is 2.50. The third kappa shape index (κ3) is 3.29. The van der Waals surface area contributed by atoms with Crippen molar-refractivity contribution in [3.63, 3.8) is 0 Å². The molecule has 0 radical (unpaired) electrons. The molecule has 0 atom stereocenters. The Kier molecular flexibility index (Phi) is 4.72. The Morgan fingerprint density at radius 3 is 2.43 bits per heavy atom. The van der Waals surface area contributed by atoms with Gasteiger partial charge in [-0.05, 0) is 32.3 Å². The number of hydrogen-bond acceptors (Lipinski definition) is 5. The molecule has 0 bridgehead atoms. The van der Waals surface area contributed by atoms with E-state index >= 15 is 0 Å². The van der Waals surface area contributed by atoms with Crippen molar-refractivity contribution in [3.8, 4) is 0 Å². The number of carbonyl (C=O) groups excluding carboxylic acids is 1. The first-order valence-corrected chi connectivity index (χ1v) is 7.51. The Morgan fingerprint density at radius 2 is 1.90 bits per heavy atom. The van der Waals surface area contributed by atoms with Gasteiger partial charge in [0.15, 0.2) is 5.82 Å². The highest BCUT2D eigenvalue weighted by Gasteiger charge is 2.28. The van der Waals surface area contributed by atoms with Gasteiger partial charge in [0.05, 0.1) is 17.8 Å². The van der Waals surface area contributed by atoms with E-state index in [9.17, 15) is 4.79 Å². The summed E-state index contributed by atoms with van der Waals surface area (Å²) in [5.41, 5.74) is 13.7. The minimum Gasteiger partial charge on any atom is -0.389 e. The molecule has 1 aliphatic rings. The van der Waals surface area contributed by atoms with Crippen LogP contribution in [0.1, 0.15) is 42.5 Å². The summed E-state index contributed by atoms with van der Waals surface area (Å²) >= 11 is 5.17. The van der Waals surface area contributed by atoms with Crippen LogP contribution in [-0.2, 0) is 4.79 Å². The molecule has 1 aliphatic carbocycles. The molecule has 1 aromatic rings. The highest BCUT2D eigenvalue weighted by atomic mass is 32.1. The van der Waals surface area contributed by atoms with Crippen LogP contribution in [0.2, 0.25) is 0 Å². The Bertz CT molecular complexity index is 569. The zero-order valence-electron chi connectivity index (χ0n) is 12.4. The minimum atomic E-state index is -0.393. The first-order chi connectivity index (χ1) is 9.91. The fourth-order valence-electron chi connectivity index (χ4n) is 2.85. The molecule has 114 valence electrons. The first kappa shape index (κ1) is 15.6. The van der Waals surface area contributed by atoms with Crippen LogP contribution in [0, 0.1) is 13.8 Å². The van der Waals surface area contributed by atoms with E-state index in [4.69, 9.17) is 23.7 Å². The van der Waals surface area contributed by atoms with Crippen molar-refractivity contribution in [1.82, 2.24) is 10.2 Å². The van der Waals surface area contributed by atoms with E-state index in [2.05, 4.69) is 10.2 Å². The topological polar surface area (TPSA) is 98.1 Å². The summed E-state index contributed by atoms with van der Waals surface area (Å²) < 4.78 is 0. The highest BCUT2D eigenvalue weighted by molar-refractivity contribution is 7.80. The van der Waals surface area contributed by atoms with Crippen molar-refractivity contribution in [2.24, 2.45) is 11.5 Å². The fraction of sp³-hybridized carbons (Fsp3) is 0.571. The number of amides is 1. The van der Waals surface area contributed by atoms with Gasteiger partial charge in [-0.25, -0.2) is 0 Å². The lowest BCUT2D eigenvalue weighted by Crippen LogP contribution is -2.42. The van der Waals surface area contributed by atoms with Crippen molar-refractivity contribution in [2.45, 2.75) is 45.6 Å². The molecule has 1 amide bonds. The molecule has 21 heavy (non-hydrogen) atoms. The quantitative estimate of drug-likeness (QED) is 0.786. The molecule has 1 fully saturated rings. The van der Waals surface area contributed by atoms with E-state index in [-0.39, 0.29) is 17.6 Å². The summed E-state index contributed by atoms with van der Waals surface area (Å²) in [6.07, 6.45) is 4.30. The third-order valence-electron chi connectivity index (χ3n) is 4.05. The number of nitrogens with zero attached hydrogens (tertiary/aromatic N) is 3. The van der Waals surface area contributed by atoms with Gasteiger partial charge in [-0.15, -0.1) is 5.10 Å². The molecule has 0 unspecified atom stereocenters. The van der Waals surface area contributed by atoms with E-state index in [1.165, 1.54) is 0 Å². The Hall–Kier alpha value is -1.76. The standard InChI is InChI=1S/C14H21N5OS/c1-8-9(2)17-18-14(12(8)13(16)21)19(7-11(15)20)10-5-3-4-6-10/h10H,3-7H2,1-2H3,(H2,15,20)(H2,16,21). The summed E-state index contributed by atoms with van der Waals surface area (Å²) in [5, 5.41) is 8.42. The number of thiocarbonyl (C=S) groups is 1. The third-order valence-corrected chi connectivity index (χ3v) is 4.25. The number of anilines is 1. The zero-order chi connectivity index (χ0) is 15.6. The predicted octanol–water partition coefficient (Wildman–Crippen LogP) is 0.962. The van der Waals surface area contributed by atoms with Crippen molar-refractivity contribution in [1.29, 1.82) is 0 Å². The summed E-state index contributed by atoms with van der Waals surface area (Å²) in [7, 11) is 0. The largest absolute Gasteiger partial charge is 0.389 e. The minimum absolute atomic E-state index is 0.109. The van der Waals surface area contributed by atoms with Crippen LogP contribution in [0.25, 0.3) is 0 Å². The number of hydrogen-bond donors (Lipinski definition) is 2. The fourth-order valence-corrected chi connectivity index (χ4v) is 3.10. The number of primary amides is 1. The lowest BCUT2D eigenvalue weighted by molar-refractivity contribution is -0.116. The number of rotatable bonds is 5. The second-order valence-electron chi connectivity index (χ2n) is 5.51. The monoisotopic (exact) mass is 307 g/mol. The lowest BCUT2D eigenvalue weighted by Gasteiger charge is -2.30.